The summed E-state index contributed by atoms with van der Waals surface area (Å²) in [5, 5.41) is 14.4. The lowest BCUT2D eigenvalue weighted by Crippen LogP contribution is -2.41. The summed E-state index contributed by atoms with van der Waals surface area (Å²) in [6, 6.07) is 14.6. The van der Waals surface area contributed by atoms with Crippen LogP contribution < -0.4 is 10.6 Å². The van der Waals surface area contributed by atoms with E-state index in [1.165, 1.54) is 35.5 Å². The standard InChI is InChI=1S/C21H22N4O4S/c1-15(26)23-18-3-2-4-19(13-18)24-21(27)17-9-11-25(12-10-17)30(28,29)20-7-5-16(14-22)6-8-20/h2-8,13,17H,9-12H2,1H3,(H,23,26)(H,24,27). The van der Waals surface area contributed by atoms with Crippen LogP contribution in [0.25, 0.3) is 0 Å². The number of hydrogen-bond acceptors (Lipinski definition) is 5. The first kappa shape index (κ1) is 21.5. The Morgan fingerprint density at radius 2 is 1.63 bits per heavy atom. The van der Waals surface area contributed by atoms with Gasteiger partial charge in [-0.25, -0.2) is 8.42 Å². The second-order valence-corrected chi connectivity index (χ2v) is 9.00. The van der Waals surface area contributed by atoms with Crippen molar-refractivity contribution in [2.45, 2.75) is 24.7 Å². The SMILES string of the molecule is CC(=O)Nc1cccc(NC(=O)C2CCN(S(=O)(=O)c3ccc(C#N)cc3)CC2)c1. The highest BCUT2D eigenvalue weighted by atomic mass is 32.2. The van der Waals surface area contributed by atoms with E-state index in [1.54, 1.807) is 24.3 Å². The van der Waals surface area contributed by atoms with Crippen LogP contribution in [-0.2, 0) is 19.6 Å². The summed E-state index contributed by atoms with van der Waals surface area (Å²) >= 11 is 0. The Morgan fingerprint density at radius 3 is 2.20 bits per heavy atom. The monoisotopic (exact) mass is 426 g/mol. The van der Waals surface area contributed by atoms with E-state index in [4.69, 9.17) is 5.26 Å². The smallest absolute Gasteiger partial charge is 0.243 e. The third-order valence-corrected chi connectivity index (χ3v) is 6.81. The van der Waals surface area contributed by atoms with Crippen LogP contribution in [0.3, 0.4) is 0 Å². The number of anilines is 2. The number of amides is 2. The highest BCUT2D eigenvalue weighted by Gasteiger charge is 2.32. The van der Waals surface area contributed by atoms with Crippen molar-refractivity contribution >= 4 is 33.2 Å². The molecule has 2 aromatic carbocycles. The third kappa shape index (κ3) is 5.03. The molecule has 0 unspecified atom stereocenters. The summed E-state index contributed by atoms with van der Waals surface area (Å²) in [6.45, 7) is 1.89. The molecule has 0 aliphatic carbocycles. The Kier molecular flexibility index (Phi) is 6.50. The van der Waals surface area contributed by atoms with Crippen LogP contribution in [0.5, 0.6) is 0 Å². The molecular formula is C21H22N4O4S. The largest absolute Gasteiger partial charge is 0.326 e. The number of sulfonamides is 1. The topological polar surface area (TPSA) is 119 Å². The summed E-state index contributed by atoms with van der Waals surface area (Å²) in [4.78, 5) is 23.9. The Labute approximate surface area is 175 Å². The zero-order valence-electron chi connectivity index (χ0n) is 16.5. The predicted octanol–water partition coefficient (Wildman–Crippen LogP) is 2.56. The number of piperidine rings is 1. The summed E-state index contributed by atoms with van der Waals surface area (Å²) in [7, 11) is -3.66. The van der Waals surface area contributed by atoms with E-state index < -0.39 is 10.0 Å². The van der Waals surface area contributed by atoms with Gasteiger partial charge in [0.25, 0.3) is 0 Å². The molecule has 1 heterocycles. The van der Waals surface area contributed by atoms with E-state index in [9.17, 15) is 18.0 Å². The lowest BCUT2D eigenvalue weighted by Gasteiger charge is -2.30. The zero-order valence-corrected chi connectivity index (χ0v) is 17.3. The van der Waals surface area contributed by atoms with Gasteiger partial charge in [-0.1, -0.05) is 6.07 Å². The minimum Gasteiger partial charge on any atom is -0.326 e. The maximum Gasteiger partial charge on any atom is 0.243 e. The Bertz CT molecular complexity index is 1080. The van der Waals surface area contributed by atoms with Crippen LogP contribution in [0.2, 0.25) is 0 Å². The van der Waals surface area contributed by atoms with E-state index in [-0.39, 0.29) is 35.7 Å². The lowest BCUT2D eigenvalue weighted by atomic mass is 9.97. The summed E-state index contributed by atoms with van der Waals surface area (Å²) in [5.41, 5.74) is 1.55. The van der Waals surface area contributed by atoms with Gasteiger partial charge in [0.15, 0.2) is 0 Å². The van der Waals surface area contributed by atoms with Crippen LogP contribution in [0.4, 0.5) is 11.4 Å². The van der Waals surface area contributed by atoms with E-state index in [2.05, 4.69) is 10.6 Å². The molecular weight excluding hydrogens is 404 g/mol. The van der Waals surface area contributed by atoms with Crippen LogP contribution in [-0.4, -0.2) is 37.6 Å². The van der Waals surface area contributed by atoms with Crippen molar-refractivity contribution in [3.63, 3.8) is 0 Å². The summed E-state index contributed by atoms with van der Waals surface area (Å²) in [6.07, 6.45) is 0.819. The maximum absolute atomic E-state index is 12.8. The molecule has 2 aromatic rings. The summed E-state index contributed by atoms with van der Waals surface area (Å²) < 4.78 is 26.9. The minimum absolute atomic E-state index is 0.138. The first-order valence-corrected chi connectivity index (χ1v) is 10.9. The average molecular weight is 426 g/mol. The van der Waals surface area contributed by atoms with Crippen molar-refractivity contribution in [1.82, 2.24) is 4.31 Å². The van der Waals surface area contributed by atoms with Crippen molar-refractivity contribution < 1.29 is 18.0 Å². The van der Waals surface area contributed by atoms with Gasteiger partial charge in [-0.15, -0.1) is 0 Å². The number of carbonyl (C=O) groups is 2. The van der Waals surface area contributed by atoms with Crippen LogP contribution in [0.15, 0.2) is 53.4 Å². The molecule has 1 aliphatic rings. The van der Waals surface area contributed by atoms with E-state index >= 15 is 0 Å². The summed E-state index contributed by atoms with van der Waals surface area (Å²) in [5.74, 6) is -0.679. The number of carbonyl (C=O) groups excluding carboxylic acids is 2. The second-order valence-electron chi connectivity index (χ2n) is 7.07. The highest BCUT2D eigenvalue weighted by Crippen LogP contribution is 2.25. The Morgan fingerprint density at radius 1 is 1.03 bits per heavy atom. The number of rotatable bonds is 5. The molecule has 0 saturated carbocycles. The first-order chi connectivity index (χ1) is 14.3. The second kappa shape index (κ2) is 9.07. The van der Waals surface area contributed by atoms with Crippen molar-refractivity contribution in [2.24, 2.45) is 5.92 Å². The van der Waals surface area contributed by atoms with Crippen LogP contribution >= 0.6 is 0 Å². The molecule has 0 bridgehead atoms. The predicted molar refractivity (Wildman–Crippen MR) is 112 cm³/mol. The van der Waals surface area contributed by atoms with Crippen LogP contribution in [0.1, 0.15) is 25.3 Å². The highest BCUT2D eigenvalue weighted by molar-refractivity contribution is 7.89. The average Bonchev–Trinajstić information content (AvgIpc) is 2.73. The molecule has 8 nitrogen and oxygen atoms in total. The third-order valence-electron chi connectivity index (χ3n) is 4.90. The quantitative estimate of drug-likeness (QED) is 0.761. The molecule has 30 heavy (non-hydrogen) atoms. The van der Waals surface area contributed by atoms with E-state index in [1.807, 2.05) is 6.07 Å². The van der Waals surface area contributed by atoms with Gasteiger partial charge in [0.2, 0.25) is 21.8 Å². The van der Waals surface area contributed by atoms with Gasteiger partial charge in [-0.2, -0.15) is 9.57 Å². The van der Waals surface area contributed by atoms with E-state index in [0.29, 0.717) is 29.8 Å². The molecule has 3 rings (SSSR count). The van der Waals surface area contributed by atoms with Gasteiger partial charge < -0.3 is 10.6 Å². The van der Waals surface area contributed by atoms with E-state index in [0.717, 1.165) is 0 Å². The Balaban J connectivity index is 1.60. The maximum atomic E-state index is 12.8. The number of nitrogens with one attached hydrogen (secondary N) is 2. The molecule has 2 N–H and O–H groups in total. The van der Waals surface area contributed by atoms with Crippen molar-refractivity contribution in [2.75, 3.05) is 23.7 Å². The van der Waals surface area contributed by atoms with Gasteiger partial charge in [-0.05, 0) is 55.3 Å². The van der Waals surface area contributed by atoms with Gasteiger partial charge in [0.1, 0.15) is 0 Å². The lowest BCUT2D eigenvalue weighted by molar-refractivity contribution is -0.121. The molecule has 156 valence electrons. The number of nitrogens with zero attached hydrogens (tertiary/aromatic N) is 2. The number of hydrogen-bond donors (Lipinski definition) is 2. The molecule has 0 atom stereocenters. The molecule has 0 aromatic heterocycles. The molecule has 1 aliphatic heterocycles. The molecule has 1 fully saturated rings. The number of nitriles is 1. The fraction of sp³-hybridized carbons (Fsp3) is 0.286. The zero-order chi connectivity index (χ0) is 21.7. The fourth-order valence-electron chi connectivity index (χ4n) is 3.33. The normalized spacial score (nSPS) is 15.2. The number of benzene rings is 2. The van der Waals surface area contributed by atoms with Crippen molar-refractivity contribution in [3.05, 3.63) is 54.1 Å². The molecule has 0 radical (unpaired) electrons. The minimum atomic E-state index is -3.66. The van der Waals surface area contributed by atoms with Crippen molar-refractivity contribution in [3.8, 4) is 6.07 Å². The molecule has 2 amide bonds. The molecule has 1 saturated heterocycles. The first-order valence-electron chi connectivity index (χ1n) is 9.48. The van der Waals surface area contributed by atoms with Gasteiger partial charge in [0.05, 0.1) is 16.5 Å². The van der Waals surface area contributed by atoms with Gasteiger partial charge in [-0.3, -0.25) is 9.59 Å². The fourth-order valence-corrected chi connectivity index (χ4v) is 4.80. The molecule has 0 spiro atoms. The van der Waals surface area contributed by atoms with Crippen LogP contribution in [0, 0.1) is 17.2 Å². The Hall–Kier alpha value is -3.22. The van der Waals surface area contributed by atoms with Crippen molar-refractivity contribution in [1.29, 1.82) is 5.26 Å². The van der Waals surface area contributed by atoms with Gasteiger partial charge >= 0.3 is 0 Å². The molecule has 9 heteroatoms. The van der Waals surface area contributed by atoms with Gasteiger partial charge in [0, 0.05) is 37.3 Å².